The van der Waals surface area contributed by atoms with Crippen LogP contribution >= 0.6 is 0 Å². The minimum absolute atomic E-state index is 0.0708. The van der Waals surface area contributed by atoms with Crippen molar-refractivity contribution in [2.45, 2.75) is 27.3 Å². The van der Waals surface area contributed by atoms with E-state index in [0.717, 1.165) is 5.56 Å². The highest BCUT2D eigenvalue weighted by Gasteiger charge is 2.21. The molecule has 2 aromatic rings. The zero-order valence-corrected chi connectivity index (χ0v) is 14.0. The number of aromatic amines is 1. The first-order chi connectivity index (χ1) is 11.3. The van der Waals surface area contributed by atoms with E-state index >= 15 is 0 Å². The quantitative estimate of drug-likeness (QED) is 0.651. The third kappa shape index (κ3) is 4.63. The Kier molecular flexibility index (Phi) is 5.30. The molecule has 8 heteroatoms. The van der Waals surface area contributed by atoms with Crippen molar-refractivity contribution < 1.29 is 9.59 Å². The van der Waals surface area contributed by atoms with Crippen LogP contribution in [0.15, 0.2) is 24.3 Å². The molecule has 5 N–H and O–H groups in total. The third-order valence-electron chi connectivity index (χ3n) is 3.24. The van der Waals surface area contributed by atoms with Crippen LogP contribution in [-0.4, -0.2) is 33.5 Å². The zero-order valence-electron chi connectivity index (χ0n) is 14.0. The van der Waals surface area contributed by atoms with Gasteiger partial charge >= 0.3 is 0 Å². The average molecular weight is 330 g/mol. The van der Waals surface area contributed by atoms with Crippen LogP contribution in [0, 0.1) is 5.41 Å². The molecule has 0 unspecified atom stereocenters. The van der Waals surface area contributed by atoms with Crippen LogP contribution in [0.3, 0.4) is 0 Å². The summed E-state index contributed by atoms with van der Waals surface area (Å²) < 4.78 is 0. The van der Waals surface area contributed by atoms with Gasteiger partial charge in [0, 0.05) is 16.7 Å². The predicted octanol–water partition coefficient (Wildman–Crippen LogP) is 1.03. The van der Waals surface area contributed by atoms with Crippen LogP contribution in [0.5, 0.6) is 0 Å². The van der Waals surface area contributed by atoms with Crippen molar-refractivity contribution in [2.24, 2.45) is 11.1 Å². The molecule has 0 saturated carbocycles. The molecule has 0 atom stereocenters. The fourth-order valence-corrected chi connectivity index (χ4v) is 1.85. The first-order valence-electron chi connectivity index (χ1n) is 7.59. The minimum atomic E-state index is -0.527. The first kappa shape index (κ1) is 17.6. The normalized spacial score (nSPS) is 11.2. The van der Waals surface area contributed by atoms with Gasteiger partial charge in [-0.3, -0.25) is 14.7 Å². The summed E-state index contributed by atoms with van der Waals surface area (Å²) in [5, 5.41) is 12.1. The van der Waals surface area contributed by atoms with Crippen LogP contribution in [0.2, 0.25) is 0 Å². The Hall–Kier alpha value is -2.74. The Balaban J connectivity index is 1.91. The highest BCUT2D eigenvalue weighted by atomic mass is 16.2. The van der Waals surface area contributed by atoms with Crippen molar-refractivity contribution in [3.8, 4) is 11.4 Å². The Labute approximate surface area is 140 Å². The van der Waals surface area contributed by atoms with Crippen molar-refractivity contribution >= 4 is 17.5 Å². The number of carbonyl (C=O) groups is 2. The lowest BCUT2D eigenvalue weighted by atomic mass is 9.96. The summed E-state index contributed by atoms with van der Waals surface area (Å²) in [5.74, 6) is 0.694. The summed E-state index contributed by atoms with van der Waals surface area (Å²) in [6, 6.07) is 7.09. The SMILES string of the molecule is CC(C)(C)C(=O)NCC(=O)Nc1ccc(-c2n[nH]c(CN)n2)cc1. The topological polar surface area (TPSA) is 126 Å². The lowest BCUT2D eigenvalue weighted by Crippen LogP contribution is -2.39. The number of hydrogen-bond donors (Lipinski definition) is 4. The Morgan fingerprint density at radius 1 is 1.21 bits per heavy atom. The van der Waals surface area contributed by atoms with Gasteiger partial charge in [-0.2, -0.15) is 5.10 Å². The zero-order chi connectivity index (χ0) is 17.7. The molecule has 0 aliphatic rings. The number of carbonyl (C=O) groups excluding carboxylic acids is 2. The summed E-state index contributed by atoms with van der Waals surface area (Å²) in [7, 11) is 0. The standard InChI is InChI=1S/C16H22N6O2/c1-16(2,3)15(24)18-9-13(23)19-11-6-4-10(5-7-11)14-20-12(8-17)21-22-14/h4-7H,8-9,17H2,1-3H3,(H,18,24)(H,19,23)(H,20,21,22). The van der Waals surface area contributed by atoms with E-state index < -0.39 is 5.41 Å². The summed E-state index contributed by atoms with van der Waals surface area (Å²) in [4.78, 5) is 27.8. The fourth-order valence-electron chi connectivity index (χ4n) is 1.85. The average Bonchev–Trinajstić information content (AvgIpc) is 3.01. The minimum Gasteiger partial charge on any atom is -0.347 e. The molecule has 24 heavy (non-hydrogen) atoms. The second-order valence-electron chi connectivity index (χ2n) is 6.37. The predicted molar refractivity (Wildman–Crippen MR) is 90.8 cm³/mol. The van der Waals surface area contributed by atoms with Crippen LogP contribution in [0.25, 0.3) is 11.4 Å². The molecule has 0 spiro atoms. The molecule has 1 heterocycles. The van der Waals surface area contributed by atoms with E-state index in [1.165, 1.54) is 0 Å². The van der Waals surface area contributed by atoms with Crippen molar-refractivity contribution in [3.63, 3.8) is 0 Å². The molecule has 128 valence electrons. The number of anilines is 1. The monoisotopic (exact) mass is 330 g/mol. The smallest absolute Gasteiger partial charge is 0.243 e. The number of H-pyrrole nitrogens is 1. The molecule has 0 fully saturated rings. The van der Waals surface area contributed by atoms with Crippen LogP contribution < -0.4 is 16.4 Å². The van der Waals surface area contributed by atoms with E-state index in [0.29, 0.717) is 23.9 Å². The molecular weight excluding hydrogens is 308 g/mol. The molecule has 0 bridgehead atoms. The lowest BCUT2D eigenvalue weighted by Gasteiger charge is -2.17. The van der Waals surface area contributed by atoms with E-state index in [2.05, 4.69) is 25.8 Å². The number of benzene rings is 1. The fraction of sp³-hybridized carbons (Fsp3) is 0.375. The van der Waals surface area contributed by atoms with Gasteiger partial charge in [-0.15, -0.1) is 0 Å². The van der Waals surface area contributed by atoms with Gasteiger partial charge in [-0.25, -0.2) is 4.98 Å². The molecule has 2 amide bonds. The second-order valence-corrected chi connectivity index (χ2v) is 6.37. The summed E-state index contributed by atoms with van der Waals surface area (Å²) in [5.41, 5.74) is 6.40. The number of nitrogens with two attached hydrogens (primary N) is 1. The van der Waals surface area contributed by atoms with Gasteiger partial charge in [0.2, 0.25) is 11.8 Å². The van der Waals surface area contributed by atoms with Crippen molar-refractivity contribution in [3.05, 3.63) is 30.1 Å². The van der Waals surface area contributed by atoms with Crippen LogP contribution in [-0.2, 0) is 16.1 Å². The molecule has 0 radical (unpaired) electrons. The van der Waals surface area contributed by atoms with Crippen molar-refractivity contribution in [2.75, 3.05) is 11.9 Å². The maximum absolute atomic E-state index is 11.9. The highest BCUT2D eigenvalue weighted by molar-refractivity contribution is 5.95. The van der Waals surface area contributed by atoms with Gasteiger partial charge in [0.25, 0.3) is 0 Å². The largest absolute Gasteiger partial charge is 0.347 e. The van der Waals surface area contributed by atoms with E-state index in [4.69, 9.17) is 5.73 Å². The number of nitrogens with one attached hydrogen (secondary N) is 3. The number of hydrogen-bond acceptors (Lipinski definition) is 5. The number of aromatic nitrogens is 3. The van der Waals surface area contributed by atoms with Gasteiger partial charge in [0.15, 0.2) is 5.82 Å². The maximum Gasteiger partial charge on any atom is 0.243 e. The van der Waals surface area contributed by atoms with E-state index in [-0.39, 0.29) is 18.4 Å². The van der Waals surface area contributed by atoms with E-state index in [9.17, 15) is 9.59 Å². The van der Waals surface area contributed by atoms with Gasteiger partial charge < -0.3 is 16.4 Å². The molecule has 1 aromatic heterocycles. The summed E-state index contributed by atoms with van der Waals surface area (Å²) in [6.07, 6.45) is 0. The Morgan fingerprint density at radius 2 is 1.88 bits per heavy atom. The third-order valence-corrected chi connectivity index (χ3v) is 3.24. The molecule has 0 aliphatic carbocycles. The van der Waals surface area contributed by atoms with Gasteiger partial charge in [0.05, 0.1) is 13.1 Å². The molecule has 0 aliphatic heterocycles. The van der Waals surface area contributed by atoms with Gasteiger partial charge in [-0.1, -0.05) is 20.8 Å². The lowest BCUT2D eigenvalue weighted by molar-refractivity contribution is -0.130. The second kappa shape index (κ2) is 7.22. The molecule has 0 saturated heterocycles. The van der Waals surface area contributed by atoms with Crippen molar-refractivity contribution in [1.82, 2.24) is 20.5 Å². The molecule has 2 rings (SSSR count). The summed E-state index contributed by atoms with van der Waals surface area (Å²) in [6.45, 7) is 5.59. The summed E-state index contributed by atoms with van der Waals surface area (Å²) >= 11 is 0. The molecule has 8 nitrogen and oxygen atoms in total. The maximum atomic E-state index is 11.9. The molecule has 1 aromatic carbocycles. The van der Waals surface area contributed by atoms with Crippen LogP contribution in [0.1, 0.15) is 26.6 Å². The first-order valence-corrected chi connectivity index (χ1v) is 7.59. The van der Waals surface area contributed by atoms with E-state index in [1.807, 2.05) is 0 Å². The van der Waals surface area contributed by atoms with Crippen LogP contribution in [0.4, 0.5) is 5.69 Å². The van der Waals surface area contributed by atoms with Gasteiger partial charge in [-0.05, 0) is 24.3 Å². The number of nitrogens with zero attached hydrogens (tertiary/aromatic N) is 2. The number of rotatable bonds is 5. The Morgan fingerprint density at radius 3 is 2.42 bits per heavy atom. The van der Waals surface area contributed by atoms with Gasteiger partial charge in [0.1, 0.15) is 5.82 Å². The van der Waals surface area contributed by atoms with E-state index in [1.54, 1.807) is 45.0 Å². The molecular formula is C16H22N6O2. The van der Waals surface area contributed by atoms with Crippen molar-refractivity contribution in [1.29, 1.82) is 0 Å². The highest BCUT2D eigenvalue weighted by Crippen LogP contribution is 2.18. The Bertz CT molecular complexity index is 715. The number of amides is 2.